The summed E-state index contributed by atoms with van der Waals surface area (Å²) in [6.45, 7) is 2.17. The number of hydrogen-bond donors (Lipinski definition) is 1. The van der Waals surface area contributed by atoms with Crippen molar-refractivity contribution >= 4 is 23.1 Å². The molecule has 0 radical (unpaired) electrons. The third-order valence-electron chi connectivity index (χ3n) is 2.45. The summed E-state index contributed by atoms with van der Waals surface area (Å²) in [5, 5.41) is 10.7. The number of nitrogen functional groups attached to an aromatic ring is 1. The van der Waals surface area contributed by atoms with Crippen LogP contribution in [0.3, 0.4) is 0 Å². The molecule has 1 aromatic carbocycles. The van der Waals surface area contributed by atoms with Gasteiger partial charge in [-0.15, -0.1) is 0 Å². The number of benzene rings is 1. The van der Waals surface area contributed by atoms with Crippen LogP contribution in [0, 0.1) is 10.1 Å². The Bertz CT molecular complexity index is 383. The molecule has 17 heavy (non-hydrogen) atoms. The molecule has 0 aromatic heterocycles. The van der Waals surface area contributed by atoms with Gasteiger partial charge in [-0.25, -0.2) is 0 Å². The molecule has 0 aliphatic heterocycles. The molecule has 4 nitrogen and oxygen atoms in total. The fourth-order valence-electron chi connectivity index (χ4n) is 1.48. The van der Waals surface area contributed by atoms with Gasteiger partial charge in [0.1, 0.15) is 5.69 Å². The van der Waals surface area contributed by atoms with Gasteiger partial charge >= 0.3 is 0 Å². The molecule has 0 aliphatic rings. The maximum absolute atomic E-state index is 10.7. The highest BCUT2D eigenvalue weighted by molar-refractivity contribution is 7.98. The minimum Gasteiger partial charge on any atom is -0.393 e. The third kappa shape index (κ3) is 4.65. The predicted molar refractivity (Wildman–Crippen MR) is 73.2 cm³/mol. The number of nitro benzene ring substituents is 1. The van der Waals surface area contributed by atoms with E-state index in [0.29, 0.717) is 0 Å². The molecule has 0 amide bonds. The van der Waals surface area contributed by atoms with Crippen molar-refractivity contribution in [2.24, 2.45) is 0 Å². The molecule has 0 saturated carbocycles. The number of hydrogen-bond acceptors (Lipinski definition) is 4. The standard InChI is InChI=1S/C12H18N2O2S/c1-2-3-4-7-17-9-10-5-6-11(13)12(8-10)14(15)16/h5-6,8H,2-4,7,9,13H2,1H3. The summed E-state index contributed by atoms with van der Waals surface area (Å²) in [5.41, 5.74) is 6.74. The molecule has 0 saturated heterocycles. The fourth-order valence-corrected chi connectivity index (χ4v) is 2.45. The molecule has 0 fully saturated rings. The van der Waals surface area contributed by atoms with Gasteiger partial charge in [0.2, 0.25) is 0 Å². The molecule has 1 rings (SSSR count). The average Bonchev–Trinajstić information content (AvgIpc) is 2.30. The van der Waals surface area contributed by atoms with Crippen LogP contribution in [0.25, 0.3) is 0 Å². The van der Waals surface area contributed by atoms with Gasteiger partial charge in [-0.1, -0.05) is 25.8 Å². The van der Waals surface area contributed by atoms with Crippen molar-refractivity contribution in [3.8, 4) is 0 Å². The number of nitro groups is 1. The molecule has 0 bridgehead atoms. The van der Waals surface area contributed by atoms with Gasteiger partial charge in [0.05, 0.1) is 4.92 Å². The van der Waals surface area contributed by atoms with E-state index in [0.717, 1.165) is 17.1 Å². The van der Waals surface area contributed by atoms with Crippen molar-refractivity contribution in [2.45, 2.75) is 31.9 Å². The van der Waals surface area contributed by atoms with Crippen LogP contribution in [-0.2, 0) is 5.75 Å². The highest BCUT2D eigenvalue weighted by Gasteiger charge is 2.11. The van der Waals surface area contributed by atoms with Crippen molar-refractivity contribution < 1.29 is 4.92 Å². The van der Waals surface area contributed by atoms with Crippen LogP contribution >= 0.6 is 11.8 Å². The second-order valence-corrected chi connectivity index (χ2v) is 5.02. The van der Waals surface area contributed by atoms with E-state index in [2.05, 4.69) is 6.92 Å². The monoisotopic (exact) mass is 254 g/mol. The summed E-state index contributed by atoms with van der Waals surface area (Å²) >= 11 is 1.81. The summed E-state index contributed by atoms with van der Waals surface area (Å²) in [4.78, 5) is 10.3. The largest absolute Gasteiger partial charge is 0.393 e. The lowest BCUT2D eigenvalue weighted by Crippen LogP contribution is -1.96. The summed E-state index contributed by atoms with van der Waals surface area (Å²) in [6, 6.07) is 5.04. The molecule has 94 valence electrons. The molecule has 0 unspecified atom stereocenters. The van der Waals surface area contributed by atoms with Gasteiger partial charge in [0, 0.05) is 11.8 Å². The lowest BCUT2D eigenvalue weighted by molar-refractivity contribution is -0.383. The van der Waals surface area contributed by atoms with Crippen LogP contribution in [0.1, 0.15) is 31.7 Å². The Hall–Kier alpha value is -1.23. The Labute approximate surface area is 106 Å². The molecule has 5 heteroatoms. The van der Waals surface area contributed by atoms with E-state index in [1.807, 2.05) is 17.8 Å². The number of thioether (sulfide) groups is 1. The second-order valence-electron chi connectivity index (χ2n) is 3.91. The van der Waals surface area contributed by atoms with Gasteiger partial charge in [-0.05, 0) is 23.8 Å². The summed E-state index contributed by atoms with van der Waals surface area (Å²) in [5.74, 6) is 1.91. The number of nitrogens with two attached hydrogens (primary N) is 1. The van der Waals surface area contributed by atoms with Crippen LogP contribution < -0.4 is 5.73 Å². The van der Waals surface area contributed by atoms with Crippen molar-refractivity contribution in [3.63, 3.8) is 0 Å². The quantitative estimate of drug-likeness (QED) is 0.349. The maximum Gasteiger partial charge on any atom is 0.292 e. The summed E-state index contributed by atoms with van der Waals surface area (Å²) in [6.07, 6.45) is 3.67. The van der Waals surface area contributed by atoms with Gasteiger partial charge < -0.3 is 5.73 Å². The summed E-state index contributed by atoms with van der Waals surface area (Å²) in [7, 11) is 0. The smallest absolute Gasteiger partial charge is 0.292 e. The average molecular weight is 254 g/mol. The second kappa shape index (κ2) is 7.17. The van der Waals surface area contributed by atoms with Gasteiger partial charge in [-0.3, -0.25) is 10.1 Å². The zero-order chi connectivity index (χ0) is 12.7. The predicted octanol–water partition coefficient (Wildman–Crippen LogP) is 3.60. The van der Waals surface area contributed by atoms with Crippen molar-refractivity contribution in [1.82, 2.24) is 0 Å². The van der Waals surface area contributed by atoms with Crippen molar-refractivity contribution in [3.05, 3.63) is 33.9 Å². The molecule has 1 aromatic rings. The molecule has 0 atom stereocenters. The van der Waals surface area contributed by atoms with Gasteiger partial charge in [0.25, 0.3) is 5.69 Å². The molecule has 2 N–H and O–H groups in total. The first-order valence-electron chi connectivity index (χ1n) is 5.75. The van der Waals surface area contributed by atoms with E-state index in [1.165, 1.54) is 19.3 Å². The highest BCUT2D eigenvalue weighted by atomic mass is 32.2. The van der Waals surface area contributed by atoms with Crippen molar-refractivity contribution in [2.75, 3.05) is 11.5 Å². The van der Waals surface area contributed by atoms with E-state index >= 15 is 0 Å². The van der Waals surface area contributed by atoms with Crippen LogP contribution in [0.4, 0.5) is 11.4 Å². The zero-order valence-corrected chi connectivity index (χ0v) is 10.8. The topological polar surface area (TPSA) is 69.2 Å². The van der Waals surface area contributed by atoms with E-state index < -0.39 is 4.92 Å². The lowest BCUT2D eigenvalue weighted by atomic mass is 10.2. The number of nitrogens with zero attached hydrogens (tertiary/aromatic N) is 1. The molecular weight excluding hydrogens is 236 g/mol. The first-order chi connectivity index (χ1) is 8.15. The molecule has 0 spiro atoms. The van der Waals surface area contributed by atoms with Crippen LogP contribution in [0.15, 0.2) is 18.2 Å². The normalized spacial score (nSPS) is 10.4. The number of rotatable bonds is 7. The van der Waals surface area contributed by atoms with E-state index in [-0.39, 0.29) is 11.4 Å². The zero-order valence-electron chi connectivity index (χ0n) is 10.0. The first kappa shape index (κ1) is 13.8. The van der Waals surface area contributed by atoms with E-state index in [4.69, 9.17) is 5.73 Å². The van der Waals surface area contributed by atoms with Crippen LogP contribution in [0.5, 0.6) is 0 Å². The highest BCUT2D eigenvalue weighted by Crippen LogP contribution is 2.24. The van der Waals surface area contributed by atoms with Crippen LogP contribution in [-0.4, -0.2) is 10.7 Å². The summed E-state index contributed by atoms with van der Waals surface area (Å²) < 4.78 is 0. The molecule has 0 aliphatic carbocycles. The third-order valence-corrected chi connectivity index (χ3v) is 3.57. The van der Waals surface area contributed by atoms with Gasteiger partial charge in [0.15, 0.2) is 0 Å². The Morgan fingerprint density at radius 2 is 2.18 bits per heavy atom. The Morgan fingerprint density at radius 3 is 2.82 bits per heavy atom. The van der Waals surface area contributed by atoms with E-state index in [9.17, 15) is 10.1 Å². The Balaban J connectivity index is 2.49. The first-order valence-corrected chi connectivity index (χ1v) is 6.91. The minimum atomic E-state index is -0.430. The number of anilines is 1. The lowest BCUT2D eigenvalue weighted by Gasteiger charge is -2.03. The maximum atomic E-state index is 10.7. The Kier molecular flexibility index (Phi) is 5.83. The molecule has 0 heterocycles. The van der Waals surface area contributed by atoms with Crippen molar-refractivity contribution in [1.29, 1.82) is 0 Å². The van der Waals surface area contributed by atoms with Crippen LogP contribution in [0.2, 0.25) is 0 Å². The van der Waals surface area contributed by atoms with Gasteiger partial charge in [-0.2, -0.15) is 11.8 Å². The van der Waals surface area contributed by atoms with E-state index in [1.54, 1.807) is 12.1 Å². The number of unbranched alkanes of at least 4 members (excludes halogenated alkanes) is 2. The minimum absolute atomic E-state index is 0.0108. The molecular formula is C12H18N2O2S. The SMILES string of the molecule is CCCCCSCc1ccc(N)c([N+](=O)[O-])c1. The fraction of sp³-hybridized carbons (Fsp3) is 0.500. The Morgan fingerprint density at radius 1 is 1.41 bits per heavy atom.